The molecule has 28 heavy (non-hydrogen) atoms. The number of amides is 1. The maximum absolute atomic E-state index is 13.2. The Hall–Kier alpha value is -3.26. The molecule has 0 aliphatic rings. The number of rotatable bonds is 4. The molecule has 0 fully saturated rings. The van der Waals surface area contributed by atoms with Gasteiger partial charge in [0, 0.05) is 24.0 Å². The fraction of sp³-hybridized carbons (Fsp3) is 0.158. The van der Waals surface area contributed by atoms with Crippen LogP contribution in [0.5, 0.6) is 0 Å². The Kier molecular flexibility index (Phi) is 4.56. The van der Waals surface area contributed by atoms with E-state index in [1.54, 1.807) is 47.1 Å². The molecule has 142 valence electrons. The number of nitrogens with one attached hydrogen (secondary N) is 1. The van der Waals surface area contributed by atoms with Crippen molar-refractivity contribution in [2.24, 2.45) is 7.05 Å². The first-order chi connectivity index (χ1) is 13.4. The minimum atomic E-state index is -0.392. The first kappa shape index (κ1) is 18.1. The van der Waals surface area contributed by atoms with Crippen molar-refractivity contribution in [3.8, 4) is 0 Å². The lowest BCUT2D eigenvalue weighted by atomic mass is 10.1. The van der Waals surface area contributed by atoms with E-state index in [1.807, 2.05) is 6.92 Å². The molecule has 1 aromatic carbocycles. The van der Waals surface area contributed by atoms with Gasteiger partial charge in [-0.3, -0.25) is 14.2 Å². The van der Waals surface area contributed by atoms with Crippen LogP contribution in [0.2, 0.25) is 5.02 Å². The predicted octanol–water partition coefficient (Wildman–Crippen LogP) is 3.57. The fourth-order valence-corrected chi connectivity index (χ4v) is 3.19. The van der Waals surface area contributed by atoms with Crippen LogP contribution in [0.25, 0.3) is 11.0 Å². The molecule has 0 radical (unpaired) electrons. The number of nitrogens with zero attached hydrogens (tertiary/aromatic N) is 5. The highest BCUT2D eigenvalue weighted by atomic mass is 35.5. The maximum Gasteiger partial charge on any atom is 0.256 e. The lowest BCUT2D eigenvalue weighted by Gasteiger charge is -2.06. The number of carbonyl (C=O) groups excluding carboxylic acids is 1. The number of halogens is 2. The van der Waals surface area contributed by atoms with E-state index >= 15 is 0 Å². The highest BCUT2D eigenvalue weighted by molar-refractivity contribution is 6.31. The highest BCUT2D eigenvalue weighted by Gasteiger charge is 2.16. The standard InChI is InChI=1S/C19H16ClFN6O/c1-11-5-15(16-8-22-26(2)18(16)24-11)19(28)25-14-7-23-27(10-14)9-12-3-4-13(21)6-17(12)20/h3-8,10H,9H2,1-2H3,(H,25,28). The maximum atomic E-state index is 13.2. The van der Waals surface area contributed by atoms with E-state index < -0.39 is 5.82 Å². The van der Waals surface area contributed by atoms with Gasteiger partial charge in [0.2, 0.25) is 0 Å². The van der Waals surface area contributed by atoms with Crippen LogP contribution in [0, 0.1) is 12.7 Å². The summed E-state index contributed by atoms with van der Waals surface area (Å²) in [6, 6.07) is 5.94. The Bertz CT molecular complexity index is 1200. The third kappa shape index (κ3) is 3.46. The smallest absolute Gasteiger partial charge is 0.256 e. The number of pyridine rings is 1. The summed E-state index contributed by atoms with van der Waals surface area (Å²) in [6.07, 6.45) is 4.85. The van der Waals surface area contributed by atoms with Gasteiger partial charge in [-0.1, -0.05) is 17.7 Å². The van der Waals surface area contributed by atoms with Gasteiger partial charge >= 0.3 is 0 Å². The molecule has 0 spiro atoms. The van der Waals surface area contributed by atoms with Crippen molar-refractivity contribution < 1.29 is 9.18 Å². The largest absolute Gasteiger partial charge is 0.319 e. The van der Waals surface area contributed by atoms with Gasteiger partial charge in [0.25, 0.3) is 5.91 Å². The van der Waals surface area contributed by atoms with Crippen LogP contribution in [-0.2, 0) is 13.6 Å². The first-order valence-corrected chi connectivity index (χ1v) is 8.85. The van der Waals surface area contributed by atoms with E-state index in [1.165, 1.54) is 12.1 Å². The van der Waals surface area contributed by atoms with Crippen LogP contribution in [0.1, 0.15) is 21.6 Å². The number of fused-ring (bicyclic) bond motifs is 1. The van der Waals surface area contributed by atoms with Crippen molar-refractivity contribution >= 4 is 34.2 Å². The molecule has 1 amide bonds. The molecule has 3 aromatic heterocycles. The summed E-state index contributed by atoms with van der Waals surface area (Å²) < 4.78 is 16.4. The Balaban J connectivity index is 1.55. The van der Waals surface area contributed by atoms with Crippen molar-refractivity contribution in [2.75, 3.05) is 5.32 Å². The molecular formula is C19H16ClFN6O. The van der Waals surface area contributed by atoms with Gasteiger partial charge in [0.05, 0.1) is 35.6 Å². The van der Waals surface area contributed by atoms with Gasteiger partial charge in [0.15, 0.2) is 5.65 Å². The summed E-state index contributed by atoms with van der Waals surface area (Å²) in [6.45, 7) is 2.18. The number of anilines is 1. The van der Waals surface area contributed by atoms with Crippen molar-refractivity contribution in [3.63, 3.8) is 0 Å². The van der Waals surface area contributed by atoms with E-state index in [-0.39, 0.29) is 5.91 Å². The van der Waals surface area contributed by atoms with E-state index in [4.69, 9.17) is 11.6 Å². The van der Waals surface area contributed by atoms with E-state index in [0.29, 0.717) is 33.9 Å². The molecule has 0 unspecified atom stereocenters. The molecule has 0 atom stereocenters. The number of hydrogen-bond donors (Lipinski definition) is 1. The average molecular weight is 399 g/mol. The summed E-state index contributed by atoms with van der Waals surface area (Å²) in [4.78, 5) is 17.2. The summed E-state index contributed by atoms with van der Waals surface area (Å²) in [5, 5.41) is 12.2. The summed E-state index contributed by atoms with van der Waals surface area (Å²) >= 11 is 6.06. The van der Waals surface area contributed by atoms with Crippen LogP contribution in [0.15, 0.2) is 42.9 Å². The lowest BCUT2D eigenvalue weighted by molar-refractivity contribution is 0.102. The normalized spacial score (nSPS) is 11.1. The van der Waals surface area contributed by atoms with Crippen molar-refractivity contribution in [1.29, 1.82) is 0 Å². The van der Waals surface area contributed by atoms with Crippen LogP contribution in [0.3, 0.4) is 0 Å². The molecule has 9 heteroatoms. The third-order valence-electron chi connectivity index (χ3n) is 4.32. The number of hydrogen-bond acceptors (Lipinski definition) is 4. The topological polar surface area (TPSA) is 77.6 Å². The Morgan fingerprint density at radius 3 is 2.86 bits per heavy atom. The van der Waals surface area contributed by atoms with E-state index in [2.05, 4.69) is 20.5 Å². The molecule has 3 heterocycles. The quantitative estimate of drug-likeness (QED) is 0.570. The summed E-state index contributed by atoms with van der Waals surface area (Å²) in [5.74, 6) is -0.667. The average Bonchev–Trinajstić information content (AvgIpc) is 3.24. The Morgan fingerprint density at radius 2 is 2.07 bits per heavy atom. The minimum absolute atomic E-state index is 0.275. The second-order valence-electron chi connectivity index (χ2n) is 6.43. The second-order valence-corrected chi connectivity index (χ2v) is 6.84. The van der Waals surface area contributed by atoms with Crippen LogP contribution >= 0.6 is 11.6 Å². The molecule has 4 aromatic rings. The Labute approximate surface area is 164 Å². The third-order valence-corrected chi connectivity index (χ3v) is 4.67. The van der Waals surface area contributed by atoms with Crippen LogP contribution < -0.4 is 5.32 Å². The van der Waals surface area contributed by atoms with Crippen molar-refractivity contribution in [1.82, 2.24) is 24.5 Å². The number of benzene rings is 1. The fourth-order valence-electron chi connectivity index (χ4n) is 2.96. The molecule has 7 nitrogen and oxygen atoms in total. The summed E-state index contributed by atoms with van der Waals surface area (Å²) in [5.41, 5.74) is 3.13. The zero-order valence-corrected chi connectivity index (χ0v) is 15.9. The number of aryl methyl sites for hydroxylation is 2. The number of carbonyl (C=O) groups is 1. The molecule has 0 aliphatic carbocycles. The molecule has 0 saturated carbocycles. The highest BCUT2D eigenvalue weighted by Crippen LogP contribution is 2.21. The molecule has 0 saturated heterocycles. The predicted molar refractivity (Wildman–Crippen MR) is 104 cm³/mol. The van der Waals surface area contributed by atoms with Crippen LogP contribution in [0.4, 0.5) is 10.1 Å². The zero-order valence-electron chi connectivity index (χ0n) is 15.1. The Morgan fingerprint density at radius 1 is 1.25 bits per heavy atom. The van der Waals surface area contributed by atoms with Crippen molar-refractivity contribution in [3.05, 3.63) is 70.5 Å². The monoisotopic (exact) mass is 398 g/mol. The van der Waals surface area contributed by atoms with Gasteiger partial charge in [-0.25, -0.2) is 9.37 Å². The van der Waals surface area contributed by atoms with Gasteiger partial charge in [-0.15, -0.1) is 0 Å². The minimum Gasteiger partial charge on any atom is -0.319 e. The van der Waals surface area contributed by atoms with Gasteiger partial charge in [0.1, 0.15) is 5.82 Å². The second kappa shape index (κ2) is 7.05. The van der Waals surface area contributed by atoms with Crippen molar-refractivity contribution in [2.45, 2.75) is 13.5 Å². The number of aromatic nitrogens is 5. The van der Waals surface area contributed by atoms with E-state index in [0.717, 1.165) is 11.3 Å². The molecule has 1 N–H and O–H groups in total. The van der Waals surface area contributed by atoms with Gasteiger partial charge in [-0.05, 0) is 30.7 Å². The van der Waals surface area contributed by atoms with E-state index in [9.17, 15) is 9.18 Å². The molecule has 0 bridgehead atoms. The van der Waals surface area contributed by atoms with Crippen LogP contribution in [-0.4, -0.2) is 30.5 Å². The SMILES string of the molecule is Cc1cc(C(=O)Nc2cnn(Cc3ccc(F)cc3Cl)c2)c2cnn(C)c2n1. The van der Waals surface area contributed by atoms with Gasteiger partial charge < -0.3 is 5.32 Å². The summed E-state index contributed by atoms with van der Waals surface area (Å²) in [7, 11) is 1.78. The lowest BCUT2D eigenvalue weighted by Crippen LogP contribution is -2.12. The molecular weight excluding hydrogens is 383 g/mol. The zero-order chi connectivity index (χ0) is 19.8. The first-order valence-electron chi connectivity index (χ1n) is 8.48. The van der Waals surface area contributed by atoms with Gasteiger partial charge in [-0.2, -0.15) is 10.2 Å². The molecule has 4 rings (SSSR count). The molecule has 0 aliphatic heterocycles.